The summed E-state index contributed by atoms with van der Waals surface area (Å²) in [6.45, 7) is 7.30. The van der Waals surface area contributed by atoms with E-state index in [2.05, 4.69) is 29.1 Å². The van der Waals surface area contributed by atoms with Crippen molar-refractivity contribution >= 4 is 11.9 Å². The minimum Gasteiger partial charge on any atom is -0.478 e. The van der Waals surface area contributed by atoms with Gasteiger partial charge in [0.15, 0.2) is 0 Å². The Hall–Kier alpha value is -1.69. The Kier molecular flexibility index (Phi) is 5.23. The van der Waals surface area contributed by atoms with E-state index in [0.29, 0.717) is 24.8 Å². The van der Waals surface area contributed by atoms with Crippen LogP contribution in [-0.4, -0.2) is 41.3 Å². The molecular formula is C13H21N3O3. The van der Waals surface area contributed by atoms with Gasteiger partial charge in [-0.3, -0.25) is 0 Å². The second-order valence-electron chi connectivity index (χ2n) is 5.26. The average Bonchev–Trinajstić information content (AvgIpc) is 2.34. The standard InChI is InChI=1S/C13H21N3O3/c1-9-10(11(17)18)7-14-12(16-9)15-8-13(2,3)5-6-19-4/h7H,5-6,8H2,1-4H3,(H,17,18)(H,14,15,16). The van der Waals surface area contributed by atoms with Crippen molar-refractivity contribution in [3.05, 3.63) is 17.5 Å². The monoisotopic (exact) mass is 267 g/mol. The van der Waals surface area contributed by atoms with Gasteiger partial charge in [-0.1, -0.05) is 13.8 Å². The first-order valence-corrected chi connectivity index (χ1v) is 6.15. The maximum absolute atomic E-state index is 10.9. The highest BCUT2D eigenvalue weighted by Crippen LogP contribution is 2.20. The smallest absolute Gasteiger partial charge is 0.339 e. The number of aromatic nitrogens is 2. The topological polar surface area (TPSA) is 84.3 Å². The third-order valence-corrected chi connectivity index (χ3v) is 2.92. The number of nitrogens with one attached hydrogen (secondary N) is 1. The Balaban J connectivity index is 2.63. The lowest BCUT2D eigenvalue weighted by Crippen LogP contribution is -2.25. The number of nitrogens with zero attached hydrogens (tertiary/aromatic N) is 2. The predicted molar refractivity (Wildman–Crippen MR) is 72.5 cm³/mol. The molecule has 6 nitrogen and oxygen atoms in total. The zero-order chi connectivity index (χ0) is 14.5. The van der Waals surface area contributed by atoms with E-state index in [4.69, 9.17) is 9.84 Å². The van der Waals surface area contributed by atoms with Gasteiger partial charge in [-0.05, 0) is 18.8 Å². The summed E-state index contributed by atoms with van der Waals surface area (Å²) in [6, 6.07) is 0. The van der Waals surface area contributed by atoms with Gasteiger partial charge in [0.05, 0.1) is 11.3 Å². The first-order valence-electron chi connectivity index (χ1n) is 6.15. The van der Waals surface area contributed by atoms with Crippen LogP contribution in [0.15, 0.2) is 6.20 Å². The van der Waals surface area contributed by atoms with Gasteiger partial charge in [0, 0.05) is 26.5 Å². The molecular weight excluding hydrogens is 246 g/mol. The molecule has 0 unspecified atom stereocenters. The summed E-state index contributed by atoms with van der Waals surface area (Å²) < 4.78 is 5.07. The van der Waals surface area contributed by atoms with Gasteiger partial charge < -0.3 is 15.2 Å². The molecule has 0 radical (unpaired) electrons. The van der Waals surface area contributed by atoms with Gasteiger partial charge >= 0.3 is 5.97 Å². The summed E-state index contributed by atoms with van der Waals surface area (Å²) in [7, 11) is 1.68. The predicted octanol–water partition coefficient (Wildman–Crippen LogP) is 1.96. The second kappa shape index (κ2) is 6.47. The molecule has 0 spiro atoms. The molecule has 106 valence electrons. The SMILES string of the molecule is COCCC(C)(C)CNc1ncc(C(=O)O)c(C)n1. The number of aryl methyl sites for hydroxylation is 1. The van der Waals surface area contributed by atoms with Gasteiger partial charge in [-0.15, -0.1) is 0 Å². The molecule has 2 N–H and O–H groups in total. The van der Waals surface area contributed by atoms with Crippen molar-refractivity contribution in [1.82, 2.24) is 9.97 Å². The van der Waals surface area contributed by atoms with Crippen molar-refractivity contribution < 1.29 is 14.6 Å². The Labute approximate surface area is 113 Å². The van der Waals surface area contributed by atoms with Crippen molar-refractivity contribution in [2.75, 3.05) is 25.6 Å². The maximum atomic E-state index is 10.9. The highest BCUT2D eigenvalue weighted by Gasteiger charge is 2.18. The Morgan fingerprint density at radius 1 is 1.53 bits per heavy atom. The zero-order valence-corrected chi connectivity index (χ0v) is 11.9. The van der Waals surface area contributed by atoms with Gasteiger partial charge in [-0.25, -0.2) is 14.8 Å². The van der Waals surface area contributed by atoms with Crippen LogP contribution in [-0.2, 0) is 4.74 Å². The van der Waals surface area contributed by atoms with Crippen LogP contribution in [0.1, 0.15) is 36.3 Å². The summed E-state index contributed by atoms with van der Waals surface area (Å²) >= 11 is 0. The molecule has 0 atom stereocenters. The molecule has 6 heteroatoms. The van der Waals surface area contributed by atoms with Crippen molar-refractivity contribution in [1.29, 1.82) is 0 Å². The van der Waals surface area contributed by atoms with Gasteiger partial charge in [-0.2, -0.15) is 0 Å². The molecule has 0 aliphatic heterocycles. The van der Waals surface area contributed by atoms with E-state index in [-0.39, 0.29) is 11.0 Å². The van der Waals surface area contributed by atoms with Crippen LogP contribution >= 0.6 is 0 Å². The molecule has 0 aliphatic rings. The van der Waals surface area contributed by atoms with Crippen LogP contribution in [0.5, 0.6) is 0 Å². The largest absolute Gasteiger partial charge is 0.478 e. The van der Waals surface area contributed by atoms with Gasteiger partial charge in [0.1, 0.15) is 0 Å². The number of carboxylic acid groups (broad SMARTS) is 1. The fourth-order valence-electron chi connectivity index (χ4n) is 1.55. The lowest BCUT2D eigenvalue weighted by Gasteiger charge is -2.24. The molecule has 19 heavy (non-hydrogen) atoms. The lowest BCUT2D eigenvalue weighted by atomic mass is 9.90. The van der Waals surface area contributed by atoms with Crippen LogP contribution in [0, 0.1) is 12.3 Å². The molecule has 0 bridgehead atoms. The van der Waals surface area contributed by atoms with Crippen LogP contribution in [0.25, 0.3) is 0 Å². The third kappa shape index (κ3) is 4.82. The zero-order valence-electron chi connectivity index (χ0n) is 11.9. The van der Waals surface area contributed by atoms with Crippen LogP contribution in [0.2, 0.25) is 0 Å². The fourth-order valence-corrected chi connectivity index (χ4v) is 1.55. The van der Waals surface area contributed by atoms with E-state index in [0.717, 1.165) is 6.42 Å². The molecule has 0 aliphatic carbocycles. The fraction of sp³-hybridized carbons (Fsp3) is 0.615. The minimum absolute atomic E-state index is 0.0543. The summed E-state index contributed by atoms with van der Waals surface area (Å²) in [4.78, 5) is 19.0. The van der Waals surface area contributed by atoms with Gasteiger partial charge in [0.2, 0.25) is 5.95 Å². The van der Waals surface area contributed by atoms with E-state index in [9.17, 15) is 4.79 Å². The minimum atomic E-state index is -1.01. The van der Waals surface area contributed by atoms with E-state index in [1.54, 1.807) is 14.0 Å². The summed E-state index contributed by atoms with van der Waals surface area (Å²) in [5.41, 5.74) is 0.641. The number of carboxylic acids is 1. The van der Waals surface area contributed by atoms with Crippen LogP contribution in [0.4, 0.5) is 5.95 Å². The van der Waals surface area contributed by atoms with Crippen molar-refractivity contribution in [2.24, 2.45) is 5.41 Å². The Morgan fingerprint density at radius 3 is 2.74 bits per heavy atom. The van der Waals surface area contributed by atoms with Crippen molar-refractivity contribution in [3.63, 3.8) is 0 Å². The molecule has 0 aromatic carbocycles. The third-order valence-electron chi connectivity index (χ3n) is 2.92. The maximum Gasteiger partial charge on any atom is 0.339 e. The van der Waals surface area contributed by atoms with Crippen molar-refractivity contribution in [2.45, 2.75) is 27.2 Å². The van der Waals surface area contributed by atoms with Crippen LogP contribution in [0.3, 0.4) is 0 Å². The number of hydrogen-bond acceptors (Lipinski definition) is 5. The second-order valence-corrected chi connectivity index (χ2v) is 5.26. The lowest BCUT2D eigenvalue weighted by molar-refractivity contribution is 0.0695. The molecule has 1 aromatic rings. The number of methoxy groups -OCH3 is 1. The van der Waals surface area contributed by atoms with E-state index < -0.39 is 5.97 Å². The summed E-state index contributed by atoms with van der Waals surface area (Å²) in [5, 5.41) is 12.0. The van der Waals surface area contributed by atoms with E-state index in [1.807, 2.05) is 0 Å². The number of hydrogen-bond donors (Lipinski definition) is 2. The van der Waals surface area contributed by atoms with E-state index >= 15 is 0 Å². The normalized spacial score (nSPS) is 11.4. The average molecular weight is 267 g/mol. The number of ether oxygens (including phenoxy) is 1. The summed E-state index contributed by atoms with van der Waals surface area (Å²) in [6.07, 6.45) is 2.25. The molecule has 0 fully saturated rings. The number of rotatable bonds is 7. The summed E-state index contributed by atoms with van der Waals surface area (Å²) in [5.74, 6) is -0.558. The molecule has 1 rings (SSSR count). The highest BCUT2D eigenvalue weighted by molar-refractivity contribution is 5.88. The highest BCUT2D eigenvalue weighted by atomic mass is 16.5. The molecule has 0 saturated heterocycles. The molecule has 1 heterocycles. The Bertz CT molecular complexity index is 447. The van der Waals surface area contributed by atoms with Crippen molar-refractivity contribution in [3.8, 4) is 0 Å². The Morgan fingerprint density at radius 2 is 2.21 bits per heavy atom. The first kappa shape index (κ1) is 15.4. The molecule has 1 aromatic heterocycles. The first-order chi connectivity index (χ1) is 8.85. The van der Waals surface area contributed by atoms with Crippen LogP contribution < -0.4 is 5.32 Å². The molecule has 0 amide bonds. The molecule has 0 saturated carbocycles. The quantitative estimate of drug-likeness (QED) is 0.785. The number of aromatic carboxylic acids is 1. The van der Waals surface area contributed by atoms with E-state index in [1.165, 1.54) is 6.20 Å². The van der Waals surface area contributed by atoms with Gasteiger partial charge in [0.25, 0.3) is 0 Å². The number of anilines is 1. The number of carbonyl (C=O) groups is 1.